The molecule has 1 aromatic heterocycles. The number of hydrogen-bond acceptors (Lipinski definition) is 4. The topological polar surface area (TPSA) is 54.5 Å². The molecule has 1 aromatic carbocycles. The van der Waals surface area contributed by atoms with Crippen LogP contribution in [0.15, 0.2) is 42.7 Å². The molecule has 25 heavy (non-hydrogen) atoms. The van der Waals surface area contributed by atoms with Gasteiger partial charge < -0.3 is 15.0 Å². The first-order valence-electron chi connectivity index (χ1n) is 8.85. The normalized spacial score (nSPS) is 24.8. The predicted octanol–water partition coefficient (Wildman–Crippen LogP) is 2.58. The molecule has 1 amide bonds. The molecule has 130 valence electrons. The SMILES string of the molecule is COc1cncc(-c2ccc(C(=O)N[C@H]3CN4CCC3CC4)cc2)c1. The smallest absolute Gasteiger partial charge is 0.251 e. The van der Waals surface area contributed by atoms with E-state index < -0.39 is 0 Å². The summed E-state index contributed by atoms with van der Waals surface area (Å²) in [6.45, 7) is 3.35. The number of ether oxygens (including phenoxy) is 1. The van der Waals surface area contributed by atoms with Gasteiger partial charge in [-0.15, -0.1) is 0 Å². The van der Waals surface area contributed by atoms with Gasteiger partial charge in [-0.05, 0) is 55.6 Å². The Kier molecular flexibility index (Phi) is 4.40. The lowest BCUT2D eigenvalue weighted by atomic mass is 9.84. The molecule has 1 N–H and O–H groups in total. The lowest BCUT2D eigenvalue weighted by Gasteiger charge is -2.44. The Bertz CT molecular complexity index is 752. The third-order valence-corrected chi connectivity index (χ3v) is 5.40. The summed E-state index contributed by atoms with van der Waals surface area (Å²) in [6.07, 6.45) is 5.88. The molecule has 3 aliphatic heterocycles. The molecule has 3 saturated heterocycles. The van der Waals surface area contributed by atoms with E-state index >= 15 is 0 Å². The summed E-state index contributed by atoms with van der Waals surface area (Å²) in [4.78, 5) is 19.2. The van der Waals surface area contributed by atoms with Crippen LogP contribution >= 0.6 is 0 Å². The molecule has 3 fully saturated rings. The van der Waals surface area contributed by atoms with Gasteiger partial charge in [-0.2, -0.15) is 0 Å². The van der Waals surface area contributed by atoms with Crippen molar-refractivity contribution in [2.45, 2.75) is 18.9 Å². The van der Waals surface area contributed by atoms with Gasteiger partial charge in [0.2, 0.25) is 0 Å². The lowest BCUT2D eigenvalue weighted by molar-refractivity contribution is 0.0620. The van der Waals surface area contributed by atoms with Crippen LogP contribution in [0.2, 0.25) is 0 Å². The average Bonchev–Trinajstić information content (AvgIpc) is 2.69. The van der Waals surface area contributed by atoms with Crippen LogP contribution in [0.4, 0.5) is 0 Å². The Balaban J connectivity index is 1.45. The highest BCUT2D eigenvalue weighted by Crippen LogP contribution is 2.28. The summed E-state index contributed by atoms with van der Waals surface area (Å²) < 4.78 is 5.22. The van der Waals surface area contributed by atoms with E-state index in [1.165, 1.54) is 25.9 Å². The predicted molar refractivity (Wildman–Crippen MR) is 96.6 cm³/mol. The summed E-state index contributed by atoms with van der Waals surface area (Å²) in [7, 11) is 1.63. The molecular formula is C20H23N3O2. The largest absolute Gasteiger partial charge is 0.495 e. The number of amides is 1. The molecule has 0 unspecified atom stereocenters. The molecular weight excluding hydrogens is 314 g/mol. The Morgan fingerprint density at radius 3 is 2.56 bits per heavy atom. The van der Waals surface area contributed by atoms with E-state index in [1.54, 1.807) is 19.5 Å². The van der Waals surface area contributed by atoms with Crippen molar-refractivity contribution < 1.29 is 9.53 Å². The number of fused-ring (bicyclic) bond motifs is 3. The number of methoxy groups -OCH3 is 1. The summed E-state index contributed by atoms with van der Waals surface area (Å²) in [6, 6.07) is 9.91. The molecule has 5 rings (SSSR count). The van der Waals surface area contributed by atoms with Crippen molar-refractivity contribution in [3.05, 3.63) is 48.3 Å². The van der Waals surface area contributed by atoms with Crippen molar-refractivity contribution in [2.75, 3.05) is 26.7 Å². The lowest BCUT2D eigenvalue weighted by Crippen LogP contribution is -2.57. The number of pyridine rings is 1. The maximum atomic E-state index is 12.6. The Morgan fingerprint density at radius 2 is 1.92 bits per heavy atom. The van der Waals surface area contributed by atoms with Gasteiger partial charge in [0.05, 0.1) is 13.3 Å². The van der Waals surface area contributed by atoms with E-state index in [-0.39, 0.29) is 11.9 Å². The molecule has 4 heterocycles. The highest BCUT2D eigenvalue weighted by Gasteiger charge is 2.34. The van der Waals surface area contributed by atoms with Gasteiger partial charge in [-0.25, -0.2) is 0 Å². The fourth-order valence-electron chi connectivity index (χ4n) is 3.88. The molecule has 2 bridgehead atoms. The number of carbonyl (C=O) groups is 1. The number of nitrogens with one attached hydrogen (secondary N) is 1. The van der Waals surface area contributed by atoms with Crippen LogP contribution in [0.1, 0.15) is 23.2 Å². The highest BCUT2D eigenvalue weighted by molar-refractivity contribution is 5.95. The van der Waals surface area contributed by atoms with Gasteiger partial charge in [0.1, 0.15) is 5.75 Å². The Hall–Kier alpha value is -2.40. The third-order valence-electron chi connectivity index (χ3n) is 5.40. The zero-order valence-corrected chi connectivity index (χ0v) is 14.4. The second-order valence-electron chi connectivity index (χ2n) is 6.91. The molecule has 1 atom stereocenters. The molecule has 0 aliphatic carbocycles. The monoisotopic (exact) mass is 337 g/mol. The van der Waals surface area contributed by atoms with Crippen LogP contribution < -0.4 is 10.1 Å². The van der Waals surface area contributed by atoms with Crippen LogP contribution in [-0.2, 0) is 0 Å². The van der Waals surface area contributed by atoms with Gasteiger partial charge in [0.15, 0.2) is 0 Å². The molecule has 5 heteroatoms. The number of nitrogens with zero attached hydrogens (tertiary/aromatic N) is 2. The van der Waals surface area contributed by atoms with Crippen LogP contribution in [0.5, 0.6) is 5.75 Å². The van der Waals surface area contributed by atoms with E-state index in [4.69, 9.17) is 4.74 Å². The summed E-state index contributed by atoms with van der Waals surface area (Å²) in [5, 5.41) is 3.23. The molecule has 0 radical (unpaired) electrons. The quantitative estimate of drug-likeness (QED) is 0.932. The molecule has 5 nitrogen and oxygen atoms in total. The van der Waals surface area contributed by atoms with Crippen molar-refractivity contribution >= 4 is 5.91 Å². The molecule has 0 spiro atoms. The second kappa shape index (κ2) is 6.84. The molecule has 0 saturated carbocycles. The minimum absolute atomic E-state index is 0.0223. The Labute approximate surface area is 148 Å². The summed E-state index contributed by atoms with van der Waals surface area (Å²) in [5.41, 5.74) is 2.70. The van der Waals surface area contributed by atoms with E-state index in [1.807, 2.05) is 30.3 Å². The van der Waals surface area contributed by atoms with Crippen molar-refractivity contribution in [1.82, 2.24) is 15.2 Å². The first kappa shape index (κ1) is 16.1. The fourth-order valence-corrected chi connectivity index (χ4v) is 3.88. The van der Waals surface area contributed by atoms with Crippen molar-refractivity contribution in [1.29, 1.82) is 0 Å². The number of carbonyl (C=O) groups excluding carboxylic acids is 1. The van der Waals surface area contributed by atoms with E-state index in [0.29, 0.717) is 11.5 Å². The van der Waals surface area contributed by atoms with Crippen LogP contribution in [0.3, 0.4) is 0 Å². The third kappa shape index (κ3) is 3.37. The van der Waals surface area contributed by atoms with Gasteiger partial charge in [0.25, 0.3) is 5.91 Å². The zero-order chi connectivity index (χ0) is 17.2. The average molecular weight is 337 g/mol. The number of aromatic nitrogens is 1. The van der Waals surface area contributed by atoms with Crippen LogP contribution in [-0.4, -0.2) is 48.6 Å². The summed E-state index contributed by atoms with van der Waals surface area (Å²) in [5.74, 6) is 1.38. The minimum atomic E-state index is 0.0223. The standard InChI is InChI=1S/C20H23N3O2/c1-25-18-10-17(11-21-12-18)14-2-4-16(5-3-14)20(24)22-19-13-23-8-6-15(19)7-9-23/h2-5,10-12,15,19H,6-9,13H2,1H3,(H,22,24)/t19-/m0/s1. The van der Waals surface area contributed by atoms with Crippen molar-refractivity contribution in [3.63, 3.8) is 0 Å². The van der Waals surface area contributed by atoms with Gasteiger partial charge in [0, 0.05) is 29.9 Å². The van der Waals surface area contributed by atoms with Gasteiger partial charge in [-0.3, -0.25) is 9.78 Å². The van der Waals surface area contributed by atoms with Crippen molar-refractivity contribution in [3.8, 4) is 16.9 Å². The van der Waals surface area contributed by atoms with E-state index in [0.717, 1.165) is 23.4 Å². The van der Waals surface area contributed by atoms with Crippen LogP contribution in [0.25, 0.3) is 11.1 Å². The number of hydrogen-bond donors (Lipinski definition) is 1. The first-order valence-corrected chi connectivity index (χ1v) is 8.85. The molecule has 2 aromatic rings. The highest BCUT2D eigenvalue weighted by atomic mass is 16.5. The summed E-state index contributed by atoms with van der Waals surface area (Å²) >= 11 is 0. The van der Waals surface area contributed by atoms with Crippen molar-refractivity contribution in [2.24, 2.45) is 5.92 Å². The van der Waals surface area contributed by atoms with E-state index in [9.17, 15) is 4.79 Å². The van der Waals surface area contributed by atoms with E-state index in [2.05, 4.69) is 15.2 Å². The van der Waals surface area contributed by atoms with Gasteiger partial charge >= 0.3 is 0 Å². The number of benzene rings is 1. The second-order valence-corrected chi connectivity index (χ2v) is 6.91. The number of piperidine rings is 3. The maximum absolute atomic E-state index is 12.6. The maximum Gasteiger partial charge on any atom is 0.251 e. The van der Waals surface area contributed by atoms with Gasteiger partial charge in [-0.1, -0.05) is 12.1 Å². The minimum Gasteiger partial charge on any atom is -0.495 e. The zero-order valence-electron chi connectivity index (χ0n) is 14.4. The Morgan fingerprint density at radius 1 is 1.16 bits per heavy atom. The first-order chi connectivity index (χ1) is 12.2. The molecule has 3 aliphatic rings. The van der Waals surface area contributed by atoms with Crippen LogP contribution in [0, 0.1) is 5.92 Å². The number of rotatable bonds is 4. The fraction of sp³-hybridized carbons (Fsp3) is 0.400.